The minimum atomic E-state index is 0.720. The number of aryl methyl sites for hydroxylation is 1. The van der Waals surface area contributed by atoms with Crippen LogP contribution in [0.5, 0.6) is 0 Å². The summed E-state index contributed by atoms with van der Waals surface area (Å²) in [6.07, 6.45) is 15.1. The van der Waals surface area contributed by atoms with Crippen LogP contribution in [0.1, 0.15) is 75.8 Å². The van der Waals surface area contributed by atoms with Crippen LogP contribution < -0.4 is 0 Å². The molecule has 0 heteroatoms. The van der Waals surface area contributed by atoms with Crippen molar-refractivity contribution in [3.63, 3.8) is 0 Å². The molecule has 2 aromatic rings. The lowest BCUT2D eigenvalue weighted by atomic mass is 9.76. The zero-order valence-electron chi connectivity index (χ0n) is 16.6. The number of hydrogen-bond donors (Lipinski definition) is 0. The largest absolute Gasteiger partial charge is 0.0883 e. The highest BCUT2D eigenvalue weighted by Gasteiger charge is 2.22. The van der Waals surface area contributed by atoms with Gasteiger partial charge in [-0.3, -0.25) is 0 Å². The average Bonchev–Trinajstić information content (AvgIpc) is 2.70. The Hall–Kier alpha value is -1.82. The molecule has 0 nitrogen and oxygen atoms in total. The van der Waals surface area contributed by atoms with E-state index in [0.717, 1.165) is 11.8 Å². The highest BCUT2D eigenvalue weighted by atomic mass is 14.3. The lowest BCUT2D eigenvalue weighted by molar-refractivity contribution is 0.376. The SMILES string of the molecule is CCC/C=C/C1CCC(c2ccccc2-c2ccc(CCC)cc2)CC1. The molecular weight excluding hydrogens is 312 g/mol. The van der Waals surface area contributed by atoms with Gasteiger partial charge in [-0.2, -0.15) is 0 Å². The van der Waals surface area contributed by atoms with E-state index < -0.39 is 0 Å². The third kappa shape index (κ3) is 4.87. The molecule has 0 N–H and O–H groups in total. The molecule has 138 valence electrons. The van der Waals surface area contributed by atoms with Crippen molar-refractivity contribution >= 4 is 0 Å². The summed E-state index contributed by atoms with van der Waals surface area (Å²) < 4.78 is 0. The van der Waals surface area contributed by atoms with Crippen molar-refractivity contribution in [1.82, 2.24) is 0 Å². The highest BCUT2D eigenvalue weighted by Crippen LogP contribution is 2.40. The highest BCUT2D eigenvalue weighted by molar-refractivity contribution is 5.68. The van der Waals surface area contributed by atoms with Crippen LogP contribution in [0.4, 0.5) is 0 Å². The van der Waals surface area contributed by atoms with Crippen molar-refractivity contribution in [2.45, 2.75) is 71.1 Å². The maximum Gasteiger partial charge on any atom is -0.0149 e. The van der Waals surface area contributed by atoms with Crippen LogP contribution in [0.2, 0.25) is 0 Å². The molecule has 1 fully saturated rings. The first-order valence-corrected chi connectivity index (χ1v) is 10.7. The van der Waals surface area contributed by atoms with Crippen LogP contribution in [0.3, 0.4) is 0 Å². The molecule has 2 aromatic carbocycles. The van der Waals surface area contributed by atoms with Crippen LogP contribution in [0.25, 0.3) is 11.1 Å². The molecule has 3 rings (SSSR count). The summed E-state index contributed by atoms with van der Waals surface area (Å²) in [4.78, 5) is 0. The predicted molar refractivity (Wildman–Crippen MR) is 115 cm³/mol. The molecule has 0 saturated heterocycles. The zero-order valence-corrected chi connectivity index (χ0v) is 16.6. The summed E-state index contributed by atoms with van der Waals surface area (Å²) in [6, 6.07) is 18.4. The summed E-state index contributed by atoms with van der Waals surface area (Å²) in [5.74, 6) is 1.52. The van der Waals surface area contributed by atoms with E-state index in [1.165, 1.54) is 68.1 Å². The van der Waals surface area contributed by atoms with E-state index >= 15 is 0 Å². The van der Waals surface area contributed by atoms with Crippen LogP contribution in [-0.2, 0) is 6.42 Å². The Balaban J connectivity index is 1.72. The molecule has 0 aromatic heterocycles. The molecule has 1 aliphatic carbocycles. The molecule has 0 bridgehead atoms. The molecule has 0 radical (unpaired) electrons. The van der Waals surface area contributed by atoms with Crippen molar-refractivity contribution in [2.24, 2.45) is 5.92 Å². The topological polar surface area (TPSA) is 0 Å². The first-order chi connectivity index (χ1) is 12.8. The van der Waals surface area contributed by atoms with Gasteiger partial charge in [0.1, 0.15) is 0 Å². The minimum Gasteiger partial charge on any atom is -0.0883 e. The number of unbranched alkanes of at least 4 members (excludes halogenated alkanes) is 1. The van der Waals surface area contributed by atoms with E-state index in [9.17, 15) is 0 Å². The van der Waals surface area contributed by atoms with Crippen LogP contribution in [-0.4, -0.2) is 0 Å². The molecule has 1 aliphatic rings. The summed E-state index contributed by atoms with van der Waals surface area (Å²) in [6.45, 7) is 4.50. The van der Waals surface area contributed by atoms with Crippen LogP contribution >= 0.6 is 0 Å². The Labute approximate surface area is 160 Å². The Bertz CT molecular complexity index is 684. The molecule has 0 spiro atoms. The normalized spacial score (nSPS) is 20.5. The predicted octanol–water partition coefficient (Wildman–Crippen LogP) is 7.94. The van der Waals surface area contributed by atoms with Crippen molar-refractivity contribution in [3.8, 4) is 11.1 Å². The van der Waals surface area contributed by atoms with Crippen molar-refractivity contribution in [3.05, 3.63) is 71.8 Å². The maximum atomic E-state index is 2.48. The van der Waals surface area contributed by atoms with Gasteiger partial charge in [0.05, 0.1) is 0 Å². The number of benzene rings is 2. The van der Waals surface area contributed by atoms with E-state index in [-0.39, 0.29) is 0 Å². The fourth-order valence-electron chi connectivity index (χ4n) is 4.33. The smallest absolute Gasteiger partial charge is 0.0149 e. The summed E-state index contributed by atoms with van der Waals surface area (Å²) in [7, 11) is 0. The van der Waals surface area contributed by atoms with Gasteiger partial charge in [-0.1, -0.05) is 87.4 Å². The van der Waals surface area contributed by atoms with Gasteiger partial charge in [0.25, 0.3) is 0 Å². The maximum absolute atomic E-state index is 2.48. The minimum absolute atomic E-state index is 0.720. The van der Waals surface area contributed by atoms with E-state index in [4.69, 9.17) is 0 Å². The van der Waals surface area contributed by atoms with Gasteiger partial charge in [-0.25, -0.2) is 0 Å². The third-order valence-electron chi connectivity index (χ3n) is 5.84. The van der Waals surface area contributed by atoms with E-state index in [2.05, 4.69) is 74.5 Å². The number of hydrogen-bond acceptors (Lipinski definition) is 0. The fraction of sp³-hybridized carbons (Fsp3) is 0.462. The Kier molecular flexibility index (Phi) is 7.12. The van der Waals surface area contributed by atoms with Gasteiger partial charge < -0.3 is 0 Å². The molecular formula is C26H34. The van der Waals surface area contributed by atoms with Crippen molar-refractivity contribution in [1.29, 1.82) is 0 Å². The summed E-state index contributed by atoms with van der Waals surface area (Å²) in [5, 5.41) is 0. The Morgan fingerprint density at radius 1 is 0.846 bits per heavy atom. The van der Waals surface area contributed by atoms with Crippen LogP contribution in [0, 0.1) is 5.92 Å². The lowest BCUT2D eigenvalue weighted by Crippen LogP contribution is -2.12. The quantitative estimate of drug-likeness (QED) is 0.446. The van der Waals surface area contributed by atoms with Crippen LogP contribution in [0.15, 0.2) is 60.7 Å². The molecule has 1 saturated carbocycles. The Morgan fingerprint density at radius 3 is 2.27 bits per heavy atom. The van der Waals surface area contributed by atoms with Gasteiger partial charge in [-0.05, 0) is 72.6 Å². The van der Waals surface area contributed by atoms with Crippen molar-refractivity contribution in [2.75, 3.05) is 0 Å². The summed E-state index contributed by atoms with van der Waals surface area (Å²) >= 11 is 0. The molecule has 0 amide bonds. The average molecular weight is 347 g/mol. The third-order valence-corrected chi connectivity index (χ3v) is 5.84. The molecule has 0 unspecified atom stereocenters. The van der Waals surface area contributed by atoms with Gasteiger partial charge >= 0.3 is 0 Å². The van der Waals surface area contributed by atoms with Gasteiger partial charge in [0, 0.05) is 0 Å². The van der Waals surface area contributed by atoms with Crippen molar-refractivity contribution < 1.29 is 0 Å². The second-order valence-corrected chi connectivity index (χ2v) is 7.86. The second kappa shape index (κ2) is 9.76. The van der Waals surface area contributed by atoms with Gasteiger partial charge in [-0.15, -0.1) is 0 Å². The lowest BCUT2D eigenvalue weighted by Gasteiger charge is -2.28. The molecule has 26 heavy (non-hydrogen) atoms. The van der Waals surface area contributed by atoms with E-state index in [1.807, 2.05) is 0 Å². The van der Waals surface area contributed by atoms with Gasteiger partial charge in [0.15, 0.2) is 0 Å². The first kappa shape index (κ1) is 19.0. The second-order valence-electron chi connectivity index (χ2n) is 7.86. The number of allylic oxidation sites excluding steroid dienone is 2. The molecule has 0 heterocycles. The molecule has 0 aliphatic heterocycles. The summed E-state index contributed by atoms with van der Waals surface area (Å²) in [5.41, 5.74) is 5.84. The molecule has 0 atom stereocenters. The first-order valence-electron chi connectivity index (χ1n) is 10.7. The monoisotopic (exact) mass is 346 g/mol. The fourth-order valence-corrected chi connectivity index (χ4v) is 4.33. The standard InChI is InChI=1S/C26H34/c1-3-5-6-10-22-15-19-24(20-16-22)26-12-8-7-11-25(26)23-17-13-21(9-4-2)14-18-23/h6-8,10-14,17-18,22,24H,3-5,9,15-16,19-20H2,1-2H3/b10-6+. The van der Waals surface area contributed by atoms with E-state index in [1.54, 1.807) is 5.56 Å². The number of rotatable bonds is 7. The zero-order chi connectivity index (χ0) is 18.2. The van der Waals surface area contributed by atoms with E-state index in [0.29, 0.717) is 0 Å². The Morgan fingerprint density at radius 2 is 1.58 bits per heavy atom. The van der Waals surface area contributed by atoms with Gasteiger partial charge in [0.2, 0.25) is 0 Å².